The highest BCUT2D eigenvalue weighted by molar-refractivity contribution is 5.72. The van der Waals surface area contributed by atoms with E-state index in [1.807, 2.05) is 0 Å². The van der Waals surface area contributed by atoms with Crippen molar-refractivity contribution < 1.29 is 9.53 Å². The Bertz CT molecular complexity index is 231. The molecule has 0 radical (unpaired) electrons. The predicted molar refractivity (Wildman–Crippen MR) is 70.7 cm³/mol. The third-order valence-corrected chi connectivity index (χ3v) is 4.20. The van der Waals surface area contributed by atoms with E-state index in [4.69, 9.17) is 4.74 Å². The number of rotatable bonds is 5. The van der Waals surface area contributed by atoms with E-state index in [-0.39, 0.29) is 18.0 Å². The monoisotopic (exact) mass is 240 g/mol. The average molecular weight is 240 g/mol. The molecule has 0 aromatic heterocycles. The number of ether oxygens (including phenoxy) is 1. The number of carbonyl (C=O) groups excluding carboxylic acids is 1. The van der Waals surface area contributed by atoms with E-state index in [1.54, 1.807) is 0 Å². The number of hydrogen-bond acceptors (Lipinski definition) is 2. The van der Waals surface area contributed by atoms with Crippen molar-refractivity contribution in [3.8, 4) is 0 Å². The third-order valence-electron chi connectivity index (χ3n) is 4.20. The fraction of sp³-hybridized carbons (Fsp3) is 0.933. The lowest BCUT2D eigenvalue weighted by atomic mass is 9.79. The van der Waals surface area contributed by atoms with Gasteiger partial charge in [-0.2, -0.15) is 0 Å². The summed E-state index contributed by atoms with van der Waals surface area (Å²) in [5.41, 5.74) is 0. The second kappa shape index (κ2) is 7.03. The summed E-state index contributed by atoms with van der Waals surface area (Å²) in [7, 11) is 0. The Morgan fingerprint density at radius 2 is 1.76 bits per heavy atom. The van der Waals surface area contributed by atoms with Crippen molar-refractivity contribution in [1.29, 1.82) is 0 Å². The molecule has 0 spiro atoms. The summed E-state index contributed by atoms with van der Waals surface area (Å²) in [4.78, 5) is 12.0. The first-order chi connectivity index (χ1) is 8.10. The van der Waals surface area contributed by atoms with Crippen LogP contribution in [0, 0.1) is 17.8 Å². The van der Waals surface area contributed by atoms with Crippen LogP contribution in [0.3, 0.4) is 0 Å². The van der Waals surface area contributed by atoms with Gasteiger partial charge in [0.2, 0.25) is 0 Å². The average Bonchev–Trinajstić information content (AvgIpc) is 2.31. The molecule has 2 heteroatoms. The first-order valence-corrected chi connectivity index (χ1v) is 7.30. The maximum absolute atomic E-state index is 12.0. The van der Waals surface area contributed by atoms with E-state index in [0.29, 0.717) is 11.8 Å². The van der Waals surface area contributed by atoms with Crippen molar-refractivity contribution in [3.63, 3.8) is 0 Å². The first kappa shape index (κ1) is 14.5. The van der Waals surface area contributed by atoms with Crippen LogP contribution in [0.2, 0.25) is 0 Å². The summed E-state index contributed by atoms with van der Waals surface area (Å²) in [5.74, 6) is 1.33. The molecule has 17 heavy (non-hydrogen) atoms. The topological polar surface area (TPSA) is 26.3 Å². The lowest BCUT2D eigenvalue weighted by Crippen LogP contribution is -2.35. The summed E-state index contributed by atoms with van der Waals surface area (Å²) < 4.78 is 5.77. The molecule has 2 nitrogen and oxygen atoms in total. The van der Waals surface area contributed by atoms with Gasteiger partial charge < -0.3 is 4.74 Å². The van der Waals surface area contributed by atoms with Gasteiger partial charge in [0, 0.05) is 0 Å². The molecular formula is C15H28O2. The van der Waals surface area contributed by atoms with Gasteiger partial charge in [-0.1, -0.05) is 34.1 Å². The molecule has 1 rings (SSSR count). The van der Waals surface area contributed by atoms with Crippen LogP contribution in [-0.4, -0.2) is 12.1 Å². The molecule has 0 amide bonds. The zero-order valence-electron chi connectivity index (χ0n) is 11.9. The van der Waals surface area contributed by atoms with Gasteiger partial charge in [-0.25, -0.2) is 0 Å². The molecule has 1 saturated carbocycles. The van der Waals surface area contributed by atoms with Crippen molar-refractivity contribution in [2.75, 3.05) is 0 Å². The molecule has 1 aliphatic rings. The molecular weight excluding hydrogens is 212 g/mol. The van der Waals surface area contributed by atoms with Gasteiger partial charge in [0.1, 0.15) is 6.10 Å². The van der Waals surface area contributed by atoms with Gasteiger partial charge in [-0.3, -0.25) is 4.79 Å². The molecule has 1 aliphatic carbocycles. The van der Waals surface area contributed by atoms with E-state index in [0.717, 1.165) is 19.3 Å². The Hall–Kier alpha value is -0.530. The highest BCUT2D eigenvalue weighted by atomic mass is 16.5. The maximum Gasteiger partial charge on any atom is 0.309 e. The number of hydrogen-bond donors (Lipinski definition) is 0. The maximum atomic E-state index is 12.0. The largest absolute Gasteiger partial charge is 0.462 e. The molecule has 0 heterocycles. The summed E-state index contributed by atoms with van der Waals surface area (Å²) in [6.45, 7) is 8.62. The summed E-state index contributed by atoms with van der Waals surface area (Å²) >= 11 is 0. The van der Waals surface area contributed by atoms with E-state index in [2.05, 4.69) is 27.7 Å². The second-order valence-corrected chi connectivity index (χ2v) is 5.68. The normalized spacial score (nSPS) is 25.3. The van der Waals surface area contributed by atoms with Gasteiger partial charge in [-0.05, 0) is 43.9 Å². The Morgan fingerprint density at radius 3 is 2.29 bits per heavy atom. The quantitative estimate of drug-likeness (QED) is 0.674. The lowest BCUT2D eigenvalue weighted by Gasteiger charge is -2.34. The first-order valence-electron chi connectivity index (χ1n) is 7.30. The standard InChI is InChI=1S/C15H28O2/c1-5-12(6-2)15(16)17-14-10-8-7-9-13(14)11(3)4/h11-14H,5-10H2,1-4H3/t13-,14+/m1/s1. The molecule has 1 fully saturated rings. The molecule has 0 aliphatic heterocycles. The van der Waals surface area contributed by atoms with Crippen LogP contribution in [0.1, 0.15) is 66.2 Å². The molecule has 0 saturated heterocycles. The molecule has 0 bridgehead atoms. The van der Waals surface area contributed by atoms with Crippen LogP contribution in [0.25, 0.3) is 0 Å². The Kier molecular flexibility index (Phi) is 6.01. The fourth-order valence-electron chi connectivity index (χ4n) is 2.90. The highest BCUT2D eigenvalue weighted by Gasteiger charge is 2.31. The lowest BCUT2D eigenvalue weighted by molar-refractivity contribution is -0.160. The van der Waals surface area contributed by atoms with Crippen molar-refractivity contribution in [3.05, 3.63) is 0 Å². The van der Waals surface area contributed by atoms with Gasteiger partial charge in [0.15, 0.2) is 0 Å². The third kappa shape index (κ3) is 4.01. The van der Waals surface area contributed by atoms with Crippen LogP contribution in [-0.2, 0) is 9.53 Å². The van der Waals surface area contributed by atoms with Crippen LogP contribution < -0.4 is 0 Å². The second-order valence-electron chi connectivity index (χ2n) is 5.68. The van der Waals surface area contributed by atoms with Gasteiger partial charge in [-0.15, -0.1) is 0 Å². The predicted octanol–water partition coefficient (Wildman–Crippen LogP) is 4.18. The summed E-state index contributed by atoms with van der Waals surface area (Å²) in [6.07, 6.45) is 6.76. The van der Waals surface area contributed by atoms with Crippen molar-refractivity contribution in [1.82, 2.24) is 0 Å². The van der Waals surface area contributed by atoms with Gasteiger partial charge >= 0.3 is 5.97 Å². The Morgan fingerprint density at radius 1 is 1.18 bits per heavy atom. The van der Waals surface area contributed by atoms with Crippen LogP contribution in [0.4, 0.5) is 0 Å². The van der Waals surface area contributed by atoms with Gasteiger partial charge in [0.05, 0.1) is 5.92 Å². The van der Waals surface area contributed by atoms with Crippen molar-refractivity contribution >= 4 is 5.97 Å². The highest BCUT2D eigenvalue weighted by Crippen LogP contribution is 2.33. The molecule has 0 aromatic rings. The van der Waals surface area contributed by atoms with Gasteiger partial charge in [0.25, 0.3) is 0 Å². The zero-order chi connectivity index (χ0) is 12.8. The fourth-order valence-corrected chi connectivity index (χ4v) is 2.90. The summed E-state index contributed by atoms with van der Waals surface area (Å²) in [6, 6.07) is 0. The number of carbonyl (C=O) groups is 1. The Labute approximate surface area is 106 Å². The molecule has 0 aromatic carbocycles. The van der Waals surface area contributed by atoms with Crippen LogP contribution in [0.15, 0.2) is 0 Å². The van der Waals surface area contributed by atoms with Crippen LogP contribution >= 0.6 is 0 Å². The van der Waals surface area contributed by atoms with Crippen molar-refractivity contribution in [2.24, 2.45) is 17.8 Å². The summed E-state index contributed by atoms with van der Waals surface area (Å²) in [5, 5.41) is 0. The molecule has 0 N–H and O–H groups in total. The molecule has 0 unspecified atom stereocenters. The minimum atomic E-state index is 0.0348. The van der Waals surface area contributed by atoms with E-state index in [9.17, 15) is 4.79 Å². The Balaban J connectivity index is 2.55. The van der Waals surface area contributed by atoms with E-state index in [1.165, 1.54) is 19.3 Å². The van der Waals surface area contributed by atoms with Crippen LogP contribution in [0.5, 0.6) is 0 Å². The van der Waals surface area contributed by atoms with E-state index < -0.39 is 0 Å². The SMILES string of the molecule is CCC(CC)C(=O)O[C@H]1CCCC[C@@H]1C(C)C. The van der Waals surface area contributed by atoms with Crippen molar-refractivity contribution in [2.45, 2.75) is 72.3 Å². The minimum absolute atomic E-state index is 0.0348. The minimum Gasteiger partial charge on any atom is -0.462 e. The van der Waals surface area contributed by atoms with E-state index >= 15 is 0 Å². The molecule has 2 atom stereocenters. The zero-order valence-corrected chi connectivity index (χ0v) is 11.9. The molecule has 100 valence electrons. The number of esters is 1. The smallest absolute Gasteiger partial charge is 0.309 e.